The number of rotatable bonds is 1. The van der Waals surface area contributed by atoms with Crippen LogP contribution in [-0.2, 0) is 14.3 Å². The minimum atomic E-state index is -1.04. The van der Waals surface area contributed by atoms with Crippen molar-refractivity contribution in [3.63, 3.8) is 0 Å². The summed E-state index contributed by atoms with van der Waals surface area (Å²) in [5.74, 6) is -0.389. The predicted octanol–water partition coefficient (Wildman–Crippen LogP) is 0.264. The van der Waals surface area contributed by atoms with E-state index >= 15 is 0 Å². The number of carbonyl (C=O) groups is 1. The van der Waals surface area contributed by atoms with Gasteiger partial charge in [0.1, 0.15) is 11.5 Å². The zero-order valence-corrected chi connectivity index (χ0v) is 7.45. The maximum atomic E-state index is 10.6. The highest BCUT2D eigenvalue weighted by molar-refractivity contribution is 6.21. The number of ether oxygens (including phenoxy) is 2. The molecular weight excluding hydrogens is 184 g/mol. The summed E-state index contributed by atoms with van der Waals surface area (Å²) < 4.78 is 9.70. The van der Waals surface area contributed by atoms with Crippen molar-refractivity contribution >= 4 is 17.6 Å². The van der Waals surface area contributed by atoms with Gasteiger partial charge < -0.3 is 14.6 Å². The van der Waals surface area contributed by atoms with Crippen LogP contribution in [-0.4, -0.2) is 35.5 Å². The average molecular weight is 195 g/mol. The van der Waals surface area contributed by atoms with E-state index in [4.69, 9.17) is 26.2 Å². The van der Waals surface area contributed by atoms with E-state index in [1.54, 1.807) is 0 Å². The normalized spacial score (nSPS) is 36.1. The summed E-state index contributed by atoms with van der Waals surface area (Å²) in [6, 6.07) is 0. The van der Waals surface area contributed by atoms with E-state index in [2.05, 4.69) is 0 Å². The maximum absolute atomic E-state index is 10.6. The SMILES string of the molecule is CC(=O)OC1CCOC(O)C1Cl. The van der Waals surface area contributed by atoms with Crippen molar-refractivity contribution in [2.24, 2.45) is 0 Å². The van der Waals surface area contributed by atoms with Gasteiger partial charge in [0.15, 0.2) is 6.29 Å². The first kappa shape index (κ1) is 9.77. The lowest BCUT2D eigenvalue weighted by Gasteiger charge is -2.30. The monoisotopic (exact) mass is 194 g/mol. The van der Waals surface area contributed by atoms with Gasteiger partial charge in [-0.2, -0.15) is 0 Å². The molecule has 0 saturated carbocycles. The number of aliphatic hydroxyl groups excluding tert-OH is 1. The lowest BCUT2D eigenvalue weighted by atomic mass is 10.1. The summed E-state index contributed by atoms with van der Waals surface area (Å²) >= 11 is 5.72. The molecule has 0 bridgehead atoms. The fourth-order valence-electron chi connectivity index (χ4n) is 1.08. The molecule has 1 saturated heterocycles. The van der Waals surface area contributed by atoms with Crippen molar-refractivity contribution in [2.45, 2.75) is 31.1 Å². The average Bonchev–Trinajstić information content (AvgIpc) is 1.98. The molecule has 0 radical (unpaired) electrons. The summed E-state index contributed by atoms with van der Waals surface area (Å²) in [5, 5.41) is 8.45. The molecule has 1 fully saturated rings. The van der Waals surface area contributed by atoms with Crippen molar-refractivity contribution < 1.29 is 19.4 Å². The van der Waals surface area contributed by atoms with Gasteiger partial charge in [0.25, 0.3) is 0 Å². The molecule has 4 nitrogen and oxygen atoms in total. The molecule has 3 unspecified atom stereocenters. The predicted molar refractivity (Wildman–Crippen MR) is 41.8 cm³/mol. The number of aliphatic hydroxyl groups is 1. The Hall–Kier alpha value is -0.320. The van der Waals surface area contributed by atoms with Crippen LogP contribution in [0.25, 0.3) is 0 Å². The second-order valence-electron chi connectivity index (χ2n) is 2.64. The zero-order valence-electron chi connectivity index (χ0n) is 6.70. The van der Waals surface area contributed by atoms with Crippen LogP contribution in [0.1, 0.15) is 13.3 Å². The van der Waals surface area contributed by atoms with Crippen LogP contribution in [0.5, 0.6) is 0 Å². The first-order valence-corrected chi connectivity index (χ1v) is 4.16. The van der Waals surface area contributed by atoms with Gasteiger partial charge in [-0.1, -0.05) is 0 Å². The number of alkyl halides is 1. The lowest BCUT2D eigenvalue weighted by molar-refractivity contribution is -0.172. The minimum absolute atomic E-state index is 0.363. The number of esters is 1. The van der Waals surface area contributed by atoms with Crippen LogP contribution in [0, 0.1) is 0 Å². The van der Waals surface area contributed by atoms with E-state index in [9.17, 15) is 4.79 Å². The standard InChI is InChI=1S/C7H11ClO4/c1-4(9)12-5-2-3-11-7(10)6(5)8/h5-7,10H,2-3H2,1H3. The third kappa shape index (κ3) is 2.33. The Labute approximate surface area is 75.4 Å². The summed E-state index contributed by atoms with van der Waals surface area (Å²) in [5.41, 5.74) is 0. The molecule has 0 aliphatic carbocycles. The van der Waals surface area contributed by atoms with Crippen molar-refractivity contribution in [2.75, 3.05) is 6.61 Å². The Bertz CT molecular complexity index is 173. The molecular formula is C7H11ClO4. The van der Waals surface area contributed by atoms with Crippen LogP contribution in [0.15, 0.2) is 0 Å². The van der Waals surface area contributed by atoms with Crippen LogP contribution in [0.2, 0.25) is 0 Å². The topological polar surface area (TPSA) is 55.8 Å². The summed E-state index contributed by atoms with van der Waals surface area (Å²) in [4.78, 5) is 10.6. The molecule has 1 heterocycles. The molecule has 0 amide bonds. The van der Waals surface area contributed by atoms with Crippen molar-refractivity contribution in [1.82, 2.24) is 0 Å². The van der Waals surface area contributed by atoms with Gasteiger partial charge in [-0.05, 0) is 0 Å². The van der Waals surface area contributed by atoms with E-state index in [0.29, 0.717) is 13.0 Å². The van der Waals surface area contributed by atoms with Gasteiger partial charge in [-0.3, -0.25) is 4.79 Å². The smallest absolute Gasteiger partial charge is 0.302 e. The molecule has 3 atom stereocenters. The van der Waals surface area contributed by atoms with E-state index in [0.717, 1.165) is 0 Å². The van der Waals surface area contributed by atoms with Crippen LogP contribution in [0.3, 0.4) is 0 Å². The van der Waals surface area contributed by atoms with Crippen molar-refractivity contribution in [3.05, 3.63) is 0 Å². The molecule has 1 rings (SSSR count). The van der Waals surface area contributed by atoms with Crippen molar-refractivity contribution in [1.29, 1.82) is 0 Å². The Kier molecular flexibility index (Phi) is 3.31. The highest BCUT2D eigenvalue weighted by atomic mass is 35.5. The Morgan fingerprint density at radius 1 is 1.75 bits per heavy atom. The minimum Gasteiger partial charge on any atom is -0.461 e. The molecule has 1 aliphatic rings. The second kappa shape index (κ2) is 4.07. The van der Waals surface area contributed by atoms with E-state index in [1.165, 1.54) is 6.92 Å². The van der Waals surface area contributed by atoms with Crippen LogP contribution < -0.4 is 0 Å². The molecule has 0 aromatic rings. The molecule has 0 aromatic heterocycles. The third-order valence-electron chi connectivity index (χ3n) is 1.64. The molecule has 70 valence electrons. The van der Waals surface area contributed by atoms with Gasteiger partial charge in [0.2, 0.25) is 0 Å². The quantitative estimate of drug-likeness (QED) is 0.481. The molecule has 1 N–H and O–H groups in total. The van der Waals surface area contributed by atoms with Gasteiger partial charge >= 0.3 is 5.97 Å². The number of halogens is 1. The van der Waals surface area contributed by atoms with E-state index < -0.39 is 17.8 Å². The summed E-state index contributed by atoms with van der Waals surface area (Å²) in [6.45, 7) is 1.67. The van der Waals surface area contributed by atoms with Gasteiger partial charge in [-0.25, -0.2) is 0 Å². The summed E-state index contributed by atoms with van der Waals surface area (Å²) in [6.07, 6.45) is -0.942. The van der Waals surface area contributed by atoms with Crippen LogP contribution in [0.4, 0.5) is 0 Å². The van der Waals surface area contributed by atoms with E-state index in [1.807, 2.05) is 0 Å². The number of carbonyl (C=O) groups excluding carboxylic acids is 1. The molecule has 0 aromatic carbocycles. The number of hydrogen-bond acceptors (Lipinski definition) is 4. The Morgan fingerprint density at radius 3 is 3.00 bits per heavy atom. The largest absolute Gasteiger partial charge is 0.461 e. The summed E-state index contributed by atoms with van der Waals surface area (Å²) in [7, 11) is 0. The highest BCUT2D eigenvalue weighted by Gasteiger charge is 2.33. The molecule has 12 heavy (non-hydrogen) atoms. The first-order valence-electron chi connectivity index (χ1n) is 3.72. The lowest BCUT2D eigenvalue weighted by Crippen LogP contribution is -2.42. The van der Waals surface area contributed by atoms with Gasteiger partial charge in [-0.15, -0.1) is 11.6 Å². The number of hydrogen-bond donors (Lipinski definition) is 1. The highest BCUT2D eigenvalue weighted by Crippen LogP contribution is 2.21. The fraction of sp³-hybridized carbons (Fsp3) is 0.857. The Balaban J connectivity index is 2.46. The molecule has 0 spiro atoms. The van der Waals surface area contributed by atoms with Gasteiger partial charge in [0.05, 0.1) is 6.61 Å². The second-order valence-corrected chi connectivity index (χ2v) is 3.15. The van der Waals surface area contributed by atoms with Crippen molar-refractivity contribution in [3.8, 4) is 0 Å². The van der Waals surface area contributed by atoms with E-state index in [-0.39, 0.29) is 5.97 Å². The van der Waals surface area contributed by atoms with Crippen LogP contribution >= 0.6 is 11.6 Å². The maximum Gasteiger partial charge on any atom is 0.302 e. The molecule has 5 heteroatoms. The zero-order chi connectivity index (χ0) is 9.14. The van der Waals surface area contributed by atoms with Gasteiger partial charge in [0, 0.05) is 13.3 Å². The Morgan fingerprint density at radius 2 is 2.42 bits per heavy atom. The fourth-order valence-corrected chi connectivity index (χ4v) is 1.33. The molecule has 1 aliphatic heterocycles. The third-order valence-corrected chi connectivity index (χ3v) is 2.13. The first-order chi connectivity index (χ1) is 5.61.